The number of rotatable bonds is 4. The van der Waals surface area contributed by atoms with Crippen LogP contribution < -0.4 is 0 Å². The van der Waals surface area contributed by atoms with E-state index in [4.69, 9.17) is 0 Å². The van der Waals surface area contributed by atoms with E-state index >= 15 is 0 Å². The van der Waals surface area contributed by atoms with Crippen LogP contribution >= 0.6 is 0 Å². The number of hydrogen-bond acceptors (Lipinski definition) is 1. The molecular formula is C12H24O. The van der Waals surface area contributed by atoms with Gasteiger partial charge in [-0.15, -0.1) is 0 Å². The first-order chi connectivity index (χ1) is 5.79. The van der Waals surface area contributed by atoms with Gasteiger partial charge in [-0.25, -0.2) is 0 Å². The third-order valence-electron chi connectivity index (χ3n) is 2.36. The highest BCUT2D eigenvalue weighted by molar-refractivity contribution is 5.85. The Morgan fingerprint density at radius 1 is 1.23 bits per heavy atom. The molecule has 0 rings (SSSR count). The lowest BCUT2D eigenvalue weighted by molar-refractivity contribution is -0.131. The lowest BCUT2D eigenvalue weighted by Gasteiger charge is -2.24. The van der Waals surface area contributed by atoms with Crippen molar-refractivity contribution in [2.45, 2.75) is 54.4 Å². The fourth-order valence-corrected chi connectivity index (χ4v) is 1.64. The van der Waals surface area contributed by atoms with Gasteiger partial charge in [0, 0.05) is 11.3 Å². The second-order valence-electron chi connectivity index (χ2n) is 5.35. The molecule has 0 aromatic heterocycles. The molecule has 0 aromatic carbocycles. The molecule has 1 nitrogen and oxygen atoms in total. The lowest BCUT2D eigenvalue weighted by Crippen LogP contribution is -2.28. The van der Waals surface area contributed by atoms with Gasteiger partial charge in [0.1, 0.15) is 5.78 Å². The van der Waals surface area contributed by atoms with Gasteiger partial charge in [0.25, 0.3) is 0 Å². The first kappa shape index (κ1) is 12.7. The Balaban J connectivity index is 4.33. The summed E-state index contributed by atoms with van der Waals surface area (Å²) in [6.07, 6.45) is 2.01. The third kappa shape index (κ3) is 4.44. The van der Waals surface area contributed by atoms with Crippen molar-refractivity contribution in [2.75, 3.05) is 0 Å². The molecule has 0 amide bonds. The Bertz CT molecular complexity index is 162. The number of hydrogen-bond donors (Lipinski definition) is 0. The molecule has 0 aliphatic heterocycles. The van der Waals surface area contributed by atoms with Crippen molar-refractivity contribution < 1.29 is 4.79 Å². The van der Waals surface area contributed by atoms with Gasteiger partial charge in [-0.2, -0.15) is 0 Å². The first-order valence-corrected chi connectivity index (χ1v) is 5.33. The normalized spacial score (nSPS) is 14.7. The van der Waals surface area contributed by atoms with Gasteiger partial charge in [-0.1, -0.05) is 41.5 Å². The Kier molecular flexibility index (Phi) is 4.66. The average molecular weight is 184 g/mol. The van der Waals surface area contributed by atoms with Crippen LogP contribution in [-0.2, 0) is 4.79 Å². The summed E-state index contributed by atoms with van der Waals surface area (Å²) in [5.74, 6) is 1.31. The molecule has 1 atom stereocenters. The summed E-state index contributed by atoms with van der Waals surface area (Å²) in [6, 6.07) is 0. The molecule has 13 heavy (non-hydrogen) atoms. The van der Waals surface area contributed by atoms with E-state index in [1.54, 1.807) is 0 Å². The summed E-state index contributed by atoms with van der Waals surface area (Å²) in [5, 5.41) is 0. The Morgan fingerprint density at radius 3 is 1.92 bits per heavy atom. The molecular weight excluding hydrogens is 160 g/mol. The first-order valence-electron chi connectivity index (χ1n) is 5.33. The fraction of sp³-hybridized carbons (Fsp3) is 0.917. The van der Waals surface area contributed by atoms with Crippen LogP contribution in [0.25, 0.3) is 0 Å². The molecule has 0 aromatic rings. The Hall–Kier alpha value is -0.330. The maximum atomic E-state index is 11.9. The molecule has 78 valence electrons. The van der Waals surface area contributed by atoms with E-state index in [0.717, 1.165) is 12.8 Å². The molecule has 0 spiro atoms. The van der Waals surface area contributed by atoms with Gasteiger partial charge >= 0.3 is 0 Å². The highest BCUT2D eigenvalue weighted by atomic mass is 16.1. The maximum absolute atomic E-state index is 11.9. The predicted molar refractivity (Wildman–Crippen MR) is 57.7 cm³/mol. The van der Waals surface area contributed by atoms with Gasteiger partial charge in [0.2, 0.25) is 0 Å². The van der Waals surface area contributed by atoms with E-state index < -0.39 is 0 Å². The van der Waals surface area contributed by atoms with Gasteiger partial charge in [-0.3, -0.25) is 4.79 Å². The minimum atomic E-state index is -0.171. The predicted octanol–water partition coefficient (Wildman–Crippen LogP) is 3.67. The van der Waals surface area contributed by atoms with Crippen molar-refractivity contribution >= 4 is 5.78 Å². The van der Waals surface area contributed by atoms with E-state index in [9.17, 15) is 4.79 Å². The smallest absolute Gasteiger partial charge is 0.141 e. The topological polar surface area (TPSA) is 17.1 Å². The van der Waals surface area contributed by atoms with Gasteiger partial charge < -0.3 is 0 Å². The molecule has 0 aliphatic carbocycles. The molecule has 0 aliphatic rings. The highest BCUT2D eigenvalue weighted by Gasteiger charge is 2.28. The SMILES string of the molecule is CC[C@@H](CC(C)C)C(=O)C(C)(C)C. The second-order valence-corrected chi connectivity index (χ2v) is 5.35. The van der Waals surface area contributed by atoms with E-state index in [0.29, 0.717) is 11.7 Å². The van der Waals surface area contributed by atoms with E-state index in [1.807, 2.05) is 20.8 Å². The monoisotopic (exact) mass is 184 g/mol. The Labute approximate surface area is 82.9 Å². The number of carbonyl (C=O) groups is 1. The van der Waals surface area contributed by atoms with Crippen molar-refractivity contribution in [3.8, 4) is 0 Å². The highest BCUT2D eigenvalue weighted by Crippen LogP contribution is 2.26. The van der Waals surface area contributed by atoms with Gasteiger partial charge in [0.05, 0.1) is 0 Å². The third-order valence-corrected chi connectivity index (χ3v) is 2.36. The molecule has 1 heteroatoms. The summed E-state index contributed by atoms with van der Waals surface area (Å²) in [7, 11) is 0. The molecule has 0 heterocycles. The standard InChI is InChI=1S/C12H24O/c1-7-10(8-9(2)3)11(13)12(4,5)6/h9-10H,7-8H2,1-6H3/t10-/m0/s1. The van der Waals surface area contributed by atoms with Crippen LogP contribution in [0.2, 0.25) is 0 Å². The Morgan fingerprint density at radius 2 is 1.69 bits per heavy atom. The summed E-state index contributed by atoms with van der Waals surface area (Å²) in [5.41, 5.74) is -0.171. The average Bonchev–Trinajstić information content (AvgIpc) is 1.96. The fourth-order valence-electron chi connectivity index (χ4n) is 1.64. The van der Waals surface area contributed by atoms with Crippen LogP contribution in [0.5, 0.6) is 0 Å². The van der Waals surface area contributed by atoms with E-state index in [-0.39, 0.29) is 11.3 Å². The quantitative estimate of drug-likeness (QED) is 0.651. The zero-order chi connectivity index (χ0) is 10.6. The zero-order valence-corrected chi connectivity index (χ0v) is 9.98. The van der Waals surface area contributed by atoms with Crippen LogP contribution in [0, 0.1) is 17.3 Å². The van der Waals surface area contributed by atoms with Crippen LogP contribution in [0.4, 0.5) is 0 Å². The summed E-state index contributed by atoms with van der Waals surface area (Å²) >= 11 is 0. The number of carbonyl (C=O) groups excluding carboxylic acids is 1. The van der Waals surface area contributed by atoms with Crippen molar-refractivity contribution in [2.24, 2.45) is 17.3 Å². The summed E-state index contributed by atoms with van der Waals surface area (Å²) < 4.78 is 0. The molecule has 0 radical (unpaired) electrons. The van der Waals surface area contributed by atoms with Crippen LogP contribution in [-0.4, -0.2) is 5.78 Å². The summed E-state index contributed by atoms with van der Waals surface area (Å²) in [6.45, 7) is 12.5. The molecule has 0 bridgehead atoms. The van der Waals surface area contributed by atoms with Crippen molar-refractivity contribution in [1.29, 1.82) is 0 Å². The molecule has 0 unspecified atom stereocenters. The maximum Gasteiger partial charge on any atom is 0.141 e. The minimum Gasteiger partial charge on any atom is -0.299 e. The lowest BCUT2D eigenvalue weighted by atomic mass is 9.78. The minimum absolute atomic E-state index is 0.171. The second kappa shape index (κ2) is 4.78. The molecule has 0 saturated heterocycles. The van der Waals surface area contributed by atoms with Crippen LogP contribution in [0.15, 0.2) is 0 Å². The molecule has 0 saturated carbocycles. The van der Waals surface area contributed by atoms with Gasteiger partial charge in [0.15, 0.2) is 0 Å². The number of ketones is 1. The van der Waals surface area contributed by atoms with Gasteiger partial charge in [-0.05, 0) is 18.8 Å². The van der Waals surface area contributed by atoms with E-state index in [2.05, 4.69) is 20.8 Å². The zero-order valence-electron chi connectivity index (χ0n) is 9.98. The largest absolute Gasteiger partial charge is 0.299 e. The molecule has 0 fully saturated rings. The van der Waals surface area contributed by atoms with Crippen LogP contribution in [0.1, 0.15) is 54.4 Å². The number of Topliss-reactive ketones (excluding diaryl/α,β-unsaturated/α-hetero) is 1. The van der Waals surface area contributed by atoms with E-state index in [1.165, 1.54) is 0 Å². The summed E-state index contributed by atoms with van der Waals surface area (Å²) in [4.78, 5) is 11.9. The van der Waals surface area contributed by atoms with Crippen molar-refractivity contribution in [3.63, 3.8) is 0 Å². The van der Waals surface area contributed by atoms with Crippen molar-refractivity contribution in [1.82, 2.24) is 0 Å². The van der Waals surface area contributed by atoms with Crippen LogP contribution in [0.3, 0.4) is 0 Å². The van der Waals surface area contributed by atoms with Crippen molar-refractivity contribution in [3.05, 3.63) is 0 Å². The molecule has 0 N–H and O–H groups in total.